The smallest absolute Gasteiger partial charge is 0.157 e. The summed E-state index contributed by atoms with van der Waals surface area (Å²) in [6, 6.07) is 3.37. The maximum absolute atomic E-state index is 11.2. The van der Waals surface area contributed by atoms with E-state index >= 15 is 0 Å². The van der Waals surface area contributed by atoms with Gasteiger partial charge in [-0.1, -0.05) is 6.92 Å². The van der Waals surface area contributed by atoms with Crippen molar-refractivity contribution in [2.45, 2.75) is 19.1 Å². The maximum Gasteiger partial charge on any atom is 0.157 e. The fourth-order valence-corrected chi connectivity index (χ4v) is 2.36. The van der Waals surface area contributed by atoms with Crippen LogP contribution in [0.15, 0.2) is 22.8 Å². The van der Waals surface area contributed by atoms with E-state index in [1.165, 1.54) is 6.26 Å². The first-order valence-electron chi connectivity index (χ1n) is 3.87. The van der Waals surface area contributed by atoms with E-state index in [0.717, 1.165) is 0 Å². The highest BCUT2D eigenvalue weighted by molar-refractivity contribution is 7.90. The molecule has 0 amide bonds. The van der Waals surface area contributed by atoms with Crippen molar-refractivity contribution < 1.29 is 12.8 Å². The zero-order valence-electron chi connectivity index (χ0n) is 6.99. The maximum atomic E-state index is 11.2. The molecule has 0 aliphatic carbocycles. The average Bonchev–Trinajstić information content (AvgIpc) is 2.38. The molecule has 1 heterocycles. The van der Waals surface area contributed by atoms with Gasteiger partial charge in [-0.25, -0.2) is 8.42 Å². The normalized spacial score (nSPS) is 11.8. The minimum Gasteiger partial charge on any atom is -0.468 e. The van der Waals surface area contributed by atoms with Gasteiger partial charge in [0.1, 0.15) is 11.5 Å². The van der Waals surface area contributed by atoms with Crippen LogP contribution < -0.4 is 0 Å². The van der Waals surface area contributed by atoms with Crippen molar-refractivity contribution in [1.29, 1.82) is 0 Å². The molecule has 0 bridgehead atoms. The van der Waals surface area contributed by atoms with E-state index in [1.54, 1.807) is 12.1 Å². The standard InChI is InChI=1S/C8H12O3S/c1-2-6-12(9,10)7-8-4-3-5-11-8/h3-5H,2,6-7H2,1H3. The molecule has 1 aromatic rings. The monoisotopic (exact) mass is 188 g/mol. The molecule has 0 radical (unpaired) electrons. The zero-order chi connectivity index (χ0) is 9.03. The minimum atomic E-state index is -2.95. The molecule has 12 heavy (non-hydrogen) atoms. The van der Waals surface area contributed by atoms with Gasteiger partial charge in [-0.15, -0.1) is 0 Å². The summed E-state index contributed by atoms with van der Waals surface area (Å²) in [5.74, 6) is 0.769. The third kappa shape index (κ3) is 2.70. The van der Waals surface area contributed by atoms with Gasteiger partial charge in [-0.3, -0.25) is 0 Å². The lowest BCUT2D eigenvalue weighted by molar-refractivity contribution is 0.520. The van der Waals surface area contributed by atoms with Crippen molar-refractivity contribution >= 4 is 9.84 Å². The molecule has 0 aromatic carbocycles. The van der Waals surface area contributed by atoms with Crippen molar-refractivity contribution in [1.82, 2.24) is 0 Å². The third-order valence-electron chi connectivity index (χ3n) is 1.46. The van der Waals surface area contributed by atoms with Gasteiger partial charge in [0.05, 0.1) is 12.0 Å². The SMILES string of the molecule is CCCS(=O)(=O)Cc1ccco1. The van der Waals surface area contributed by atoms with Gasteiger partial charge < -0.3 is 4.42 Å². The van der Waals surface area contributed by atoms with Crippen LogP contribution in [0.5, 0.6) is 0 Å². The lowest BCUT2D eigenvalue weighted by Gasteiger charge is -1.98. The first-order chi connectivity index (χ1) is 5.64. The molecule has 1 rings (SSSR count). The summed E-state index contributed by atoms with van der Waals surface area (Å²) >= 11 is 0. The highest BCUT2D eigenvalue weighted by atomic mass is 32.2. The Labute approximate surface area is 72.3 Å². The Morgan fingerprint density at radius 3 is 2.75 bits per heavy atom. The lowest BCUT2D eigenvalue weighted by atomic mass is 10.5. The molecule has 0 aliphatic rings. The van der Waals surface area contributed by atoms with Gasteiger partial charge in [0.15, 0.2) is 9.84 Å². The van der Waals surface area contributed by atoms with Gasteiger partial charge >= 0.3 is 0 Å². The summed E-state index contributed by atoms with van der Waals surface area (Å²) in [6.07, 6.45) is 2.14. The van der Waals surface area contributed by atoms with E-state index in [-0.39, 0.29) is 11.5 Å². The van der Waals surface area contributed by atoms with Gasteiger partial charge in [-0.2, -0.15) is 0 Å². The van der Waals surface area contributed by atoms with Gasteiger partial charge in [0, 0.05) is 0 Å². The van der Waals surface area contributed by atoms with Crippen molar-refractivity contribution in [2.24, 2.45) is 0 Å². The zero-order valence-corrected chi connectivity index (χ0v) is 7.80. The second-order valence-electron chi connectivity index (χ2n) is 2.67. The summed E-state index contributed by atoms with van der Waals surface area (Å²) in [5, 5.41) is 0. The summed E-state index contributed by atoms with van der Waals surface area (Å²) in [5.41, 5.74) is 0. The van der Waals surface area contributed by atoms with Crippen LogP contribution in [-0.2, 0) is 15.6 Å². The molecule has 0 fully saturated rings. The molecule has 68 valence electrons. The predicted molar refractivity (Wildman–Crippen MR) is 46.5 cm³/mol. The van der Waals surface area contributed by atoms with Gasteiger partial charge in [0.25, 0.3) is 0 Å². The highest BCUT2D eigenvalue weighted by Crippen LogP contribution is 2.07. The Bertz CT molecular complexity index is 310. The fraction of sp³-hybridized carbons (Fsp3) is 0.500. The van der Waals surface area contributed by atoms with Crippen LogP contribution in [0.25, 0.3) is 0 Å². The number of hydrogen-bond acceptors (Lipinski definition) is 3. The van der Waals surface area contributed by atoms with E-state index in [4.69, 9.17) is 4.42 Å². The van der Waals surface area contributed by atoms with Crippen molar-refractivity contribution in [3.63, 3.8) is 0 Å². The van der Waals surface area contributed by atoms with E-state index in [2.05, 4.69) is 0 Å². The summed E-state index contributed by atoms with van der Waals surface area (Å²) in [4.78, 5) is 0. The molecule has 1 aromatic heterocycles. The van der Waals surface area contributed by atoms with Gasteiger partial charge in [-0.05, 0) is 18.6 Å². The van der Waals surface area contributed by atoms with Crippen molar-refractivity contribution in [2.75, 3.05) is 5.75 Å². The number of furan rings is 1. The topological polar surface area (TPSA) is 47.3 Å². The molecule has 0 saturated heterocycles. The fourth-order valence-electron chi connectivity index (χ4n) is 0.995. The largest absolute Gasteiger partial charge is 0.468 e. The second-order valence-corrected chi connectivity index (χ2v) is 4.86. The Kier molecular flexibility index (Phi) is 2.92. The minimum absolute atomic E-state index is 0.0217. The molecule has 0 spiro atoms. The van der Waals surface area contributed by atoms with Crippen LogP contribution in [0.4, 0.5) is 0 Å². The first kappa shape index (κ1) is 9.32. The molecule has 0 aliphatic heterocycles. The van der Waals surface area contributed by atoms with E-state index in [0.29, 0.717) is 12.2 Å². The van der Waals surface area contributed by atoms with E-state index in [9.17, 15) is 8.42 Å². The second kappa shape index (κ2) is 3.76. The predicted octanol–water partition coefficient (Wildman–Crippen LogP) is 1.60. The highest BCUT2D eigenvalue weighted by Gasteiger charge is 2.11. The number of hydrogen-bond donors (Lipinski definition) is 0. The molecule has 0 unspecified atom stereocenters. The number of rotatable bonds is 4. The molecule has 4 heteroatoms. The Morgan fingerprint density at radius 2 is 2.25 bits per heavy atom. The van der Waals surface area contributed by atoms with Crippen molar-refractivity contribution in [3.8, 4) is 0 Å². The lowest BCUT2D eigenvalue weighted by Crippen LogP contribution is -2.07. The van der Waals surface area contributed by atoms with Crippen LogP contribution in [0.2, 0.25) is 0 Å². The molecule has 0 saturated carbocycles. The Balaban J connectivity index is 2.63. The van der Waals surface area contributed by atoms with Crippen LogP contribution in [0.3, 0.4) is 0 Å². The molecule has 0 N–H and O–H groups in total. The van der Waals surface area contributed by atoms with E-state index < -0.39 is 9.84 Å². The van der Waals surface area contributed by atoms with Crippen molar-refractivity contribution in [3.05, 3.63) is 24.2 Å². The Morgan fingerprint density at radius 1 is 1.50 bits per heavy atom. The van der Waals surface area contributed by atoms with E-state index in [1.807, 2.05) is 6.92 Å². The molecular formula is C8H12O3S. The summed E-state index contributed by atoms with van der Waals surface area (Å²) in [7, 11) is -2.95. The number of sulfone groups is 1. The quantitative estimate of drug-likeness (QED) is 0.721. The third-order valence-corrected chi connectivity index (χ3v) is 3.21. The van der Waals surface area contributed by atoms with Crippen LogP contribution in [-0.4, -0.2) is 14.2 Å². The molecule has 0 atom stereocenters. The van der Waals surface area contributed by atoms with Crippen LogP contribution >= 0.6 is 0 Å². The first-order valence-corrected chi connectivity index (χ1v) is 5.69. The van der Waals surface area contributed by atoms with Crippen LogP contribution in [0, 0.1) is 0 Å². The van der Waals surface area contributed by atoms with Crippen LogP contribution in [0.1, 0.15) is 19.1 Å². The average molecular weight is 188 g/mol. The molecule has 3 nitrogen and oxygen atoms in total. The van der Waals surface area contributed by atoms with Gasteiger partial charge in [0.2, 0.25) is 0 Å². The summed E-state index contributed by atoms with van der Waals surface area (Å²) in [6.45, 7) is 1.85. The summed E-state index contributed by atoms with van der Waals surface area (Å²) < 4.78 is 27.4. The Hall–Kier alpha value is -0.770. The molecular weight excluding hydrogens is 176 g/mol.